The van der Waals surface area contributed by atoms with Gasteiger partial charge in [-0.3, -0.25) is 0 Å². The van der Waals surface area contributed by atoms with Crippen molar-refractivity contribution in [2.75, 3.05) is 11.9 Å². The minimum atomic E-state index is 0.776. The standard InChI is InChI=1S/C11H21N5/c1-3-9-4-6-10(7-5-9)8-12-11-13-14-15-16(11)2/h9-10H,3-8H2,1-2H3,(H,12,13,15). The smallest absolute Gasteiger partial charge is 0.242 e. The van der Waals surface area contributed by atoms with Crippen LogP contribution in [0.5, 0.6) is 0 Å². The van der Waals surface area contributed by atoms with Crippen molar-refractivity contribution in [3.05, 3.63) is 0 Å². The third-order valence-electron chi connectivity index (χ3n) is 3.71. The molecule has 1 N–H and O–H groups in total. The van der Waals surface area contributed by atoms with E-state index in [-0.39, 0.29) is 0 Å². The van der Waals surface area contributed by atoms with Gasteiger partial charge in [0.05, 0.1) is 0 Å². The molecular formula is C11H21N5. The average Bonchev–Trinajstić information content (AvgIpc) is 2.73. The molecule has 0 bridgehead atoms. The fourth-order valence-corrected chi connectivity index (χ4v) is 2.46. The Morgan fingerprint density at radius 2 is 1.94 bits per heavy atom. The van der Waals surface area contributed by atoms with Crippen LogP contribution in [0, 0.1) is 11.8 Å². The highest BCUT2D eigenvalue weighted by atomic mass is 15.6. The van der Waals surface area contributed by atoms with Crippen LogP contribution in [0.4, 0.5) is 5.95 Å². The van der Waals surface area contributed by atoms with Gasteiger partial charge in [-0.05, 0) is 35.1 Å². The Balaban J connectivity index is 1.73. The Morgan fingerprint density at radius 1 is 1.25 bits per heavy atom. The summed E-state index contributed by atoms with van der Waals surface area (Å²) in [5.74, 6) is 2.53. The largest absolute Gasteiger partial charge is 0.353 e. The maximum Gasteiger partial charge on any atom is 0.242 e. The van der Waals surface area contributed by atoms with Crippen LogP contribution in [0.3, 0.4) is 0 Å². The summed E-state index contributed by atoms with van der Waals surface area (Å²) in [7, 11) is 1.86. The molecule has 0 radical (unpaired) electrons. The molecule has 0 spiro atoms. The summed E-state index contributed by atoms with van der Waals surface area (Å²) in [5.41, 5.74) is 0. The minimum absolute atomic E-state index is 0.776. The molecule has 1 aliphatic rings. The predicted octanol–water partition coefficient (Wildman–Crippen LogP) is 1.84. The van der Waals surface area contributed by atoms with E-state index in [1.165, 1.54) is 32.1 Å². The Bertz CT molecular complexity index is 314. The molecule has 1 aliphatic carbocycles. The van der Waals surface area contributed by atoms with Crippen LogP contribution in [0.15, 0.2) is 0 Å². The lowest BCUT2D eigenvalue weighted by Crippen LogP contribution is -2.22. The monoisotopic (exact) mass is 223 g/mol. The van der Waals surface area contributed by atoms with Gasteiger partial charge in [0.1, 0.15) is 0 Å². The zero-order chi connectivity index (χ0) is 11.4. The molecule has 0 aromatic carbocycles. The van der Waals surface area contributed by atoms with Crippen molar-refractivity contribution in [3.8, 4) is 0 Å². The van der Waals surface area contributed by atoms with Gasteiger partial charge >= 0.3 is 0 Å². The molecule has 0 amide bonds. The lowest BCUT2D eigenvalue weighted by molar-refractivity contribution is 0.278. The van der Waals surface area contributed by atoms with E-state index in [2.05, 4.69) is 27.8 Å². The highest BCUT2D eigenvalue weighted by Crippen LogP contribution is 2.30. The highest BCUT2D eigenvalue weighted by Gasteiger charge is 2.20. The average molecular weight is 223 g/mol. The first-order valence-corrected chi connectivity index (χ1v) is 6.25. The normalized spacial score (nSPS) is 25.6. The number of rotatable bonds is 4. The van der Waals surface area contributed by atoms with Gasteiger partial charge in [0, 0.05) is 13.6 Å². The number of anilines is 1. The van der Waals surface area contributed by atoms with Crippen LogP contribution in [0.2, 0.25) is 0 Å². The SMILES string of the molecule is CCC1CCC(CNc2nnnn2C)CC1. The van der Waals surface area contributed by atoms with E-state index in [4.69, 9.17) is 0 Å². The maximum atomic E-state index is 3.92. The van der Waals surface area contributed by atoms with E-state index in [0.717, 1.165) is 24.3 Å². The van der Waals surface area contributed by atoms with E-state index in [0.29, 0.717) is 0 Å². The molecule has 5 heteroatoms. The molecular weight excluding hydrogens is 202 g/mol. The number of hydrogen-bond donors (Lipinski definition) is 1. The first kappa shape index (κ1) is 11.4. The number of aromatic nitrogens is 4. The Hall–Kier alpha value is -1.13. The van der Waals surface area contributed by atoms with Crippen molar-refractivity contribution in [1.82, 2.24) is 20.2 Å². The number of nitrogens with one attached hydrogen (secondary N) is 1. The van der Waals surface area contributed by atoms with Crippen LogP contribution in [0.25, 0.3) is 0 Å². The van der Waals surface area contributed by atoms with Crippen LogP contribution in [-0.2, 0) is 7.05 Å². The summed E-state index contributed by atoms with van der Waals surface area (Å²) < 4.78 is 1.68. The molecule has 1 heterocycles. The summed E-state index contributed by atoms with van der Waals surface area (Å²) in [5, 5.41) is 14.7. The van der Waals surface area contributed by atoms with Crippen LogP contribution in [0.1, 0.15) is 39.0 Å². The topological polar surface area (TPSA) is 55.6 Å². The van der Waals surface area contributed by atoms with Crippen molar-refractivity contribution in [2.24, 2.45) is 18.9 Å². The van der Waals surface area contributed by atoms with Gasteiger partial charge in [0.2, 0.25) is 5.95 Å². The van der Waals surface area contributed by atoms with Crippen LogP contribution in [-0.4, -0.2) is 26.8 Å². The lowest BCUT2D eigenvalue weighted by Gasteiger charge is -2.27. The second-order valence-electron chi connectivity index (χ2n) is 4.80. The van der Waals surface area contributed by atoms with Crippen molar-refractivity contribution >= 4 is 5.95 Å². The molecule has 2 rings (SSSR count). The van der Waals surface area contributed by atoms with E-state index in [1.807, 2.05) is 7.05 Å². The molecule has 1 aromatic heterocycles. The molecule has 16 heavy (non-hydrogen) atoms. The Labute approximate surface area is 96.6 Å². The highest BCUT2D eigenvalue weighted by molar-refractivity contribution is 5.20. The third kappa shape index (κ3) is 2.71. The molecule has 1 fully saturated rings. The molecule has 5 nitrogen and oxygen atoms in total. The molecule has 1 saturated carbocycles. The van der Waals surface area contributed by atoms with Crippen molar-refractivity contribution in [3.63, 3.8) is 0 Å². The summed E-state index contributed by atoms with van der Waals surface area (Å²) in [6, 6.07) is 0. The quantitative estimate of drug-likeness (QED) is 0.846. The molecule has 90 valence electrons. The lowest BCUT2D eigenvalue weighted by atomic mass is 9.81. The summed E-state index contributed by atoms with van der Waals surface area (Å²) in [6.45, 7) is 3.30. The number of aryl methyl sites for hydroxylation is 1. The van der Waals surface area contributed by atoms with E-state index < -0.39 is 0 Å². The summed E-state index contributed by atoms with van der Waals surface area (Å²) in [6.07, 6.45) is 6.81. The van der Waals surface area contributed by atoms with Gasteiger partial charge in [-0.1, -0.05) is 31.3 Å². The fraction of sp³-hybridized carbons (Fsp3) is 0.909. The zero-order valence-corrected chi connectivity index (χ0v) is 10.2. The van der Waals surface area contributed by atoms with Crippen LogP contribution >= 0.6 is 0 Å². The number of nitrogens with zero attached hydrogens (tertiary/aromatic N) is 4. The minimum Gasteiger partial charge on any atom is -0.353 e. The van der Waals surface area contributed by atoms with Gasteiger partial charge < -0.3 is 5.32 Å². The Morgan fingerprint density at radius 3 is 2.50 bits per heavy atom. The second kappa shape index (κ2) is 5.27. The first-order valence-electron chi connectivity index (χ1n) is 6.25. The van der Waals surface area contributed by atoms with Gasteiger partial charge in [-0.25, -0.2) is 4.68 Å². The van der Waals surface area contributed by atoms with Gasteiger partial charge in [-0.15, -0.1) is 0 Å². The van der Waals surface area contributed by atoms with Crippen molar-refractivity contribution < 1.29 is 0 Å². The van der Waals surface area contributed by atoms with Crippen LogP contribution < -0.4 is 5.32 Å². The van der Waals surface area contributed by atoms with E-state index in [1.54, 1.807) is 4.68 Å². The third-order valence-corrected chi connectivity index (χ3v) is 3.71. The van der Waals surface area contributed by atoms with Gasteiger partial charge in [-0.2, -0.15) is 0 Å². The van der Waals surface area contributed by atoms with E-state index >= 15 is 0 Å². The fourth-order valence-electron chi connectivity index (χ4n) is 2.46. The molecule has 0 atom stereocenters. The number of hydrogen-bond acceptors (Lipinski definition) is 4. The molecule has 0 unspecified atom stereocenters. The van der Waals surface area contributed by atoms with Gasteiger partial charge in [0.25, 0.3) is 0 Å². The zero-order valence-electron chi connectivity index (χ0n) is 10.2. The molecule has 1 aromatic rings. The first-order chi connectivity index (χ1) is 7.79. The second-order valence-corrected chi connectivity index (χ2v) is 4.80. The summed E-state index contributed by atoms with van der Waals surface area (Å²) in [4.78, 5) is 0. The summed E-state index contributed by atoms with van der Waals surface area (Å²) >= 11 is 0. The van der Waals surface area contributed by atoms with Gasteiger partial charge in [0.15, 0.2) is 0 Å². The predicted molar refractivity (Wildman–Crippen MR) is 63.0 cm³/mol. The maximum absolute atomic E-state index is 3.92. The molecule has 0 saturated heterocycles. The number of tetrazole rings is 1. The Kier molecular flexibility index (Phi) is 3.74. The van der Waals surface area contributed by atoms with Crippen molar-refractivity contribution in [1.29, 1.82) is 0 Å². The molecule has 0 aliphatic heterocycles. The van der Waals surface area contributed by atoms with E-state index in [9.17, 15) is 0 Å². The van der Waals surface area contributed by atoms with Crippen molar-refractivity contribution in [2.45, 2.75) is 39.0 Å².